The summed E-state index contributed by atoms with van der Waals surface area (Å²) in [5, 5.41) is 20.8. The number of carbonyl (C=O) groups excluding carboxylic acids is 1. The minimum Gasteiger partial charge on any atom is -0.379 e. The summed E-state index contributed by atoms with van der Waals surface area (Å²) >= 11 is 0. The second-order valence-corrected chi connectivity index (χ2v) is 7.33. The van der Waals surface area contributed by atoms with Crippen molar-refractivity contribution in [1.82, 2.24) is 25.4 Å². The normalized spacial score (nSPS) is 26.1. The summed E-state index contributed by atoms with van der Waals surface area (Å²) < 4.78 is 0. The fraction of sp³-hybridized carbons (Fsp3) is 0.824. The smallest absolute Gasteiger partial charge is 0.255 e. The van der Waals surface area contributed by atoms with Crippen LogP contribution in [-0.4, -0.2) is 56.3 Å². The van der Waals surface area contributed by atoms with Crippen LogP contribution in [0.5, 0.6) is 0 Å². The van der Waals surface area contributed by atoms with E-state index in [0.717, 1.165) is 25.3 Å². The first-order valence-electron chi connectivity index (χ1n) is 9.17. The van der Waals surface area contributed by atoms with Crippen LogP contribution in [0.4, 0.5) is 0 Å². The minimum atomic E-state index is -1.29. The number of nitrogens with zero attached hydrogens (tertiary/aromatic N) is 3. The summed E-state index contributed by atoms with van der Waals surface area (Å²) in [6.07, 6.45) is 7.67. The molecule has 0 bridgehead atoms. The van der Waals surface area contributed by atoms with E-state index < -0.39 is 5.60 Å². The first-order valence-corrected chi connectivity index (χ1v) is 9.17. The Kier molecular flexibility index (Phi) is 5.50. The predicted octanol–water partition coefficient (Wildman–Crippen LogP) is 1.14. The van der Waals surface area contributed by atoms with Crippen LogP contribution in [0, 0.1) is 12.8 Å². The van der Waals surface area contributed by atoms with E-state index >= 15 is 0 Å². The van der Waals surface area contributed by atoms with Crippen LogP contribution >= 0.6 is 0 Å². The van der Waals surface area contributed by atoms with Gasteiger partial charge in [0.25, 0.3) is 5.91 Å². The van der Waals surface area contributed by atoms with Gasteiger partial charge in [0, 0.05) is 19.6 Å². The maximum atomic E-state index is 12.8. The molecule has 134 valence electrons. The van der Waals surface area contributed by atoms with E-state index in [4.69, 9.17) is 0 Å². The third-order valence-electron chi connectivity index (χ3n) is 5.25. The zero-order valence-corrected chi connectivity index (χ0v) is 14.6. The molecule has 1 amide bonds. The third-order valence-corrected chi connectivity index (χ3v) is 5.25. The van der Waals surface area contributed by atoms with Crippen molar-refractivity contribution in [2.24, 2.45) is 5.92 Å². The number of hydrogen-bond donors (Lipinski definition) is 3. The predicted molar refractivity (Wildman–Crippen MR) is 90.2 cm³/mol. The number of aryl methyl sites for hydroxylation is 1. The molecule has 2 heterocycles. The molecule has 2 fully saturated rings. The molecule has 1 aliphatic carbocycles. The van der Waals surface area contributed by atoms with Crippen LogP contribution in [0.1, 0.15) is 56.6 Å². The lowest BCUT2D eigenvalue weighted by atomic mass is 9.86. The lowest BCUT2D eigenvalue weighted by Crippen LogP contribution is -2.58. The highest BCUT2D eigenvalue weighted by Crippen LogP contribution is 2.28. The fourth-order valence-corrected chi connectivity index (χ4v) is 3.93. The van der Waals surface area contributed by atoms with Gasteiger partial charge in [-0.1, -0.05) is 19.3 Å². The van der Waals surface area contributed by atoms with Gasteiger partial charge in [0.15, 0.2) is 11.4 Å². The second kappa shape index (κ2) is 7.61. The van der Waals surface area contributed by atoms with Crippen LogP contribution in [0.25, 0.3) is 0 Å². The molecule has 1 aromatic rings. The topological polar surface area (TPSA) is 94.1 Å². The van der Waals surface area contributed by atoms with Crippen molar-refractivity contribution >= 4 is 5.91 Å². The van der Waals surface area contributed by atoms with E-state index in [1.807, 2.05) is 11.8 Å². The van der Waals surface area contributed by atoms with Crippen molar-refractivity contribution in [3.05, 3.63) is 11.6 Å². The van der Waals surface area contributed by atoms with Crippen LogP contribution in [0.2, 0.25) is 0 Å². The van der Waals surface area contributed by atoms with Crippen molar-refractivity contribution in [2.45, 2.75) is 64.0 Å². The Morgan fingerprint density at radius 2 is 2.12 bits per heavy atom. The van der Waals surface area contributed by atoms with Crippen molar-refractivity contribution < 1.29 is 9.90 Å². The molecule has 1 saturated heterocycles. The average molecular weight is 335 g/mol. The van der Waals surface area contributed by atoms with Gasteiger partial charge < -0.3 is 15.3 Å². The number of likely N-dealkylation sites (tertiary alicyclic amines) is 1. The van der Waals surface area contributed by atoms with Gasteiger partial charge in [-0.15, -0.1) is 0 Å². The Balaban J connectivity index is 1.52. The molecule has 3 N–H and O–H groups in total. The molecule has 1 atom stereocenters. The Bertz CT molecular complexity index is 555. The summed E-state index contributed by atoms with van der Waals surface area (Å²) in [5.41, 5.74) is -1.29. The van der Waals surface area contributed by atoms with Crippen molar-refractivity contribution in [1.29, 1.82) is 0 Å². The Hall–Kier alpha value is -1.47. The number of nitrogens with one attached hydrogen (secondary N) is 2. The summed E-state index contributed by atoms with van der Waals surface area (Å²) in [7, 11) is 0. The zero-order valence-electron chi connectivity index (χ0n) is 14.6. The number of aliphatic hydroxyl groups is 1. The molecule has 0 unspecified atom stereocenters. The van der Waals surface area contributed by atoms with Crippen molar-refractivity contribution in [2.75, 3.05) is 19.6 Å². The van der Waals surface area contributed by atoms with E-state index in [2.05, 4.69) is 20.5 Å². The highest BCUT2D eigenvalue weighted by atomic mass is 16.3. The van der Waals surface area contributed by atoms with Crippen LogP contribution < -0.4 is 5.32 Å². The molecule has 2 aliphatic rings. The molecule has 3 rings (SSSR count). The molecular weight excluding hydrogens is 306 g/mol. The van der Waals surface area contributed by atoms with E-state index in [-0.39, 0.29) is 12.5 Å². The number of hydrogen-bond acceptors (Lipinski definition) is 5. The van der Waals surface area contributed by atoms with E-state index in [9.17, 15) is 9.90 Å². The summed E-state index contributed by atoms with van der Waals surface area (Å²) in [6.45, 7) is 4.12. The number of carbonyl (C=O) groups is 1. The molecule has 0 spiro atoms. The largest absolute Gasteiger partial charge is 0.379 e. The highest BCUT2D eigenvalue weighted by molar-refractivity contribution is 5.86. The molecular formula is C17H29N5O2. The standard InChI is InChI=1S/C17H29N5O2/c1-13-19-15(21-20-13)10-18-12-17(24)8-5-9-22(16(17)23)11-14-6-3-2-4-7-14/h14,18,24H,2-12H2,1H3,(H,19,20,21)/t17-/m0/s1. The van der Waals surface area contributed by atoms with Gasteiger partial charge in [-0.3, -0.25) is 9.89 Å². The van der Waals surface area contributed by atoms with Gasteiger partial charge in [-0.25, -0.2) is 4.98 Å². The van der Waals surface area contributed by atoms with E-state index in [1.54, 1.807) is 0 Å². The third kappa shape index (κ3) is 4.13. The van der Waals surface area contributed by atoms with Gasteiger partial charge in [0.05, 0.1) is 6.54 Å². The maximum Gasteiger partial charge on any atom is 0.255 e. The first-order chi connectivity index (χ1) is 11.6. The van der Waals surface area contributed by atoms with Crippen LogP contribution in [-0.2, 0) is 11.3 Å². The number of piperidine rings is 1. The molecule has 1 aliphatic heterocycles. The average Bonchev–Trinajstić information content (AvgIpc) is 2.98. The van der Waals surface area contributed by atoms with E-state index in [0.29, 0.717) is 24.7 Å². The van der Waals surface area contributed by atoms with E-state index in [1.165, 1.54) is 32.1 Å². The number of rotatable bonds is 6. The van der Waals surface area contributed by atoms with Gasteiger partial charge >= 0.3 is 0 Å². The van der Waals surface area contributed by atoms with Crippen LogP contribution in [0.15, 0.2) is 0 Å². The van der Waals surface area contributed by atoms with Gasteiger partial charge in [-0.05, 0) is 38.5 Å². The molecule has 7 heteroatoms. The lowest BCUT2D eigenvalue weighted by molar-refractivity contribution is -0.157. The summed E-state index contributed by atoms with van der Waals surface area (Å²) in [4.78, 5) is 18.9. The Morgan fingerprint density at radius 3 is 2.83 bits per heavy atom. The molecule has 0 aromatic carbocycles. The lowest BCUT2D eigenvalue weighted by Gasteiger charge is -2.40. The maximum absolute atomic E-state index is 12.8. The number of amides is 1. The second-order valence-electron chi connectivity index (χ2n) is 7.33. The number of H-pyrrole nitrogens is 1. The number of aromatic nitrogens is 3. The fourth-order valence-electron chi connectivity index (χ4n) is 3.93. The molecule has 24 heavy (non-hydrogen) atoms. The SMILES string of the molecule is Cc1nc(CNC[C@@]2(O)CCCN(CC3CCCCC3)C2=O)n[nH]1. The minimum absolute atomic E-state index is 0.113. The number of aromatic amines is 1. The summed E-state index contributed by atoms with van der Waals surface area (Å²) in [6, 6.07) is 0. The van der Waals surface area contributed by atoms with Crippen molar-refractivity contribution in [3.8, 4) is 0 Å². The Morgan fingerprint density at radius 1 is 1.33 bits per heavy atom. The first kappa shape index (κ1) is 17.4. The Labute approximate surface area is 143 Å². The van der Waals surface area contributed by atoms with Gasteiger partial charge in [0.2, 0.25) is 0 Å². The van der Waals surface area contributed by atoms with Crippen LogP contribution in [0.3, 0.4) is 0 Å². The monoisotopic (exact) mass is 335 g/mol. The molecule has 7 nitrogen and oxygen atoms in total. The molecule has 0 radical (unpaired) electrons. The summed E-state index contributed by atoms with van der Waals surface area (Å²) in [5.74, 6) is 1.91. The molecule has 1 saturated carbocycles. The quantitative estimate of drug-likeness (QED) is 0.725. The van der Waals surface area contributed by atoms with Gasteiger partial charge in [0.1, 0.15) is 5.82 Å². The highest BCUT2D eigenvalue weighted by Gasteiger charge is 2.42. The van der Waals surface area contributed by atoms with Crippen molar-refractivity contribution in [3.63, 3.8) is 0 Å². The molecule has 1 aromatic heterocycles. The van der Waals surface area contributed by atoms with Gasteiger partial charge in [-0.2, -0.15) is 5.10 Å². The zero-order chi connectivity index (χ0) is 17.0.